The summed E-state index contributed by atoms with van der Waals surface area (Å²) in [5.74, 6) is 2.22. The van der Waals surface area contributed by atoms with Gasteiger partial charge in [0, 0.05) is 23.1 Å². The lowest BCUT2D eigenvalue weighted by Gasteiger charge is -2.25. The Morgan fingerprint density at radius 1 is 1.03 bits per heavy atom. The van der Waals surface area contributed by atoms with Crippen molar-refractivity contribution < 1.29 is 9.47 Å². The zero-order valence-corrected chi connectivity index (χ0v) is 19.2. The van der Waals surface area contributed by atoms with Gasteiger partial charge in [-0.15, -0.1) is 10.2 Å². The van der Waals surface area contributed by atoms with Crippen molar-refractivity contribution in [2.45, 2.75) is 55.1 Å². The fraction of sp³-hybridized carbons (Fsp3) is 0.320. The maximum atomic E-state index is 13.1. The third kappa shape index (κ3) is 3.58. The highest BCUT2D eigenvalue weighted by Crippen LogP contribution is 2.40. The minimum atomic E-state index is -0.136. The summed E-state index contributed by atoms with van der Waals surface area (Å²) in [6.07, 6.45) is 5.86. The standard InChI is InChI=1S/C25H24N4O3S/c1-15-18-12-20-21(32-14-31-20)13-19(18)26-24(30)22(15)33-25-28-27-23(16-8-4-2-5-9-16)29(25)17-10-6-3-7-11-17/h2,4-5,8-9,12-13,17H,3,6-7,10-11,14H2,1H3,(H,26,30). The van der Waals surface area contributed by atoms with Crippen LogP contribution in [0.15, 0.2) is 57.3 Å². The minimum Gasteiger partial charge on any atom is -0.454 e. The molecule has 2 aromatic heterocycles. The van der Waals surface area contributed by atoms with Crippen molar-refractivity contribution in [3.8, 4) is 22.9 Å². The molecule has 3 heterocycles. The Bertz CT molecular complexity index is 1390. The predicted octanol–water partition coefficient (Wildman–Crippen LogP) is 5.48. The second-order valence-electron chi connectivity index (χ2n) is 8.60. The highest BCUT2D eigenvalue weighted by Gasteiger charge is 2.26. The molecule has 0 spiro atoms. The number of pyridine rings is 1. The summed E-state index contributed by atoms with van der Waals surface area (Å²) in [7, 11) is 0. The molecule has 0 saturated heterocycles. The van der Waals surface area contributed by atoms with Gasteiger partial charge in [0.05, 0.1) is 10.4 Å². The van der Waals surface area contributed by atoms with Crippen molar-refractivity contribution in [3.63, 3.8) is 0 Å². The summed E-state index contributed by atoms with van der Waals surface area (Å²) in [4.78, 5) is 16.8. The summed E-state index contributed by atoms with van der Waals surface area (Å²) in [6, 6.07) is 14.3. The van der Waals surface area contributed by atoms with E-state index in [1.54, 1.807) is 0 Å². The molecule has 1 aliphatic heterocycles. The van der Waals surface area contributed by atoms with E-state index >= 15 is 0 Å². The summed E-state index contributed by atoms with van der Waals surface area (Å²) < 4.78 is 13.3. The van der Waals surface area contributed by atoms with Gasteiger partial charge in [-0.25, -0.2) is 0 Å². The molecule has 0 amide bonds. The number of hydrogen-bond acceptors (Lipinski definition) is 6. The van der Waals surface area contributed by atoms with Crippen LogP contribution in [0, 0.1) is 6.92 Å². The normalized spacial score (nSPS) is 15.9. The van der Waals surface area contributed by atoms with E-state index < -0.39 is 0 Å². The van der Waals surface area contributed by atoms with E-state index in [2.05, 4.69) is 31.9 Å². The van der Waals surface area contributed by atoms with Crippen LogP contribution in [0.2, 0.25) is 0 Å². The van der Waals surface area contributed by atoms with Crippen LogP contribution in [0.25, 0.3) is 22.3 Å². The molecule has 168 valence electrons. The lowest BCUT2D eigenvalue weighted by atomic mass is 9.95. The lowest BCUT2D eigenvalue weighted by molar-refractivity contribution is 0.174. The molecule has 7 nitrogen and oxygen atoms in total. The van der Waals surface area contributed by atoms with Crippen LogP contribution in [0.3, 0.4) is 0 Å². The number of hydrogen-bond donors (Lipinski definition) is 1. The number of ether oxygens (including phenoxy) is 2. The first-order valence-electron chi connectivity index (χ1n) is 11.3. The van der Waals surface area contributed by atoms with Gasteiger partial charge in [-0.3, -0.25) is 9.36 Å². The smallest absolute Gasteiger partial charge is 0.262 e. The highest BCUT2D eigenvalue weighted by atomic mass is 32.2. The van der Waals surface area contributed by atoms with Gasteiger partial charge in [-0.2, -0.15) is 0 Å². The molecule has 0 radical (unpaired) electrons. The van der Waals surface area contributed by atoms with Crippen molar-refractivity contribution in [1.82, 2.24) is 19.7 Å². The third-order valence-electron chi connectivity index (χ3n) is 6.54. The van der Waals surface area contributed by atoms with Crippen LogP contribution in [-0.2, 0) is 0 Å². The maximum absolute atomic E-state index is 13.1. The number of fused-ring (bicyclic) bond motifs is 2. The quantitative estimate of drug-likeness (QED) is 0.434. The van der Waals surface area contributed by atoms with E-state index in [1.165, 1.54) is 31.0 Å². The van der Waals surface area contributed by atoms with Crippen molar-refractivity contribution >= 4 is 22.7 Å². The second-order valence-corrected chi connectivity index (χ2v) is 9.57. The lowest BCUT2D eigenvalue weighted by Crippen LogP contribution is -2.16. The first-order chi connectivity index (χ1) is 16.2. The Balaban J connectivity index is 1.46. The third-order valence-corrected chi connectivity index (χ3v) is 7.70. The van der Waals surface area contributed by atoms with E-state index in [1.807, 2.05) is 37.3 Å². The average molecular weight is 461 g/mol. The molecule has 2 aliphatic rings. The van der Waals surface area contributed by atoms with Gasteiger partial charge in [-0.1, -0.05) is 49.6 Å². The second kappa shape index (κ2) is 8.26. The summed E-state index contributed by atoms with van der Waals surface area (Å²) >= 11 is 1.40. The van der Waals surface area contributed by atoms with Gasteiger partial charge in [-0.05, 0) is 43.2 Å². The Morgan fingerprint density at radius 3 is 2.58 bits per heavy atom. The zero-order chi connectivity index (χ0) is 22.4. The zero-order valence-electron chi connectivity index (χ0n) is 18.3. The Kier molecular flexibility index (Phi) is 5.10. The molecular formula is C25H24N4O3S. The minimum absolute atomic E-state index is 0.136. The number of aromatic nitrogens is 4. The highest BCUT2D eigenvalue weighted by molar-refractivity contribution is 7.99. The molecule has 0 bridgehead atoms. The Labute approximate surface area is 195 Å². The van der Waals surface area contributed by atoms with E-state index in [4.69, 9.17) is 9.47 Å². The summed E-state index contributed by atoms with van der Waals surface area (Å²) in [6.45, 7) is 2.17. The van der Waals surface area contributed by atoms with Crippen LogP contribution in [0.1, 0.15) is 43.7 Å². The van der Waals surface area contributed by atoms with Gasteiger partial charge in [0.2, 0.25) is 6.79 Å². The molecule has 1 aliphatic carbocycles. The molecule has 2 aromatic carbocycles. The number of aromatic amines is 1. The van der Waals surface area contributed by atoms with E-state index in [0.29, 0.717) is 22.4 Å². The first-order valence-corrected chi connectivity index (χ1v) is 12.1. The number of nitrogens with one attached hydrogen (secondary N) is 1. The first kappa shape index (κ1) is 20.4. The van der Waals surface area contributed by atoms with Crippen molar-refractivity contribution in [3.05, 3.63) is 58.4 Å². The average Bonchev–Trinajstić information content (AvgIpc) is 3.48. The molecule has 0 atom stereocenters. The van der Waals surface area contributed by atoms with E-state index in [-0.39, 0.29) is 12.4 Å². The number of benzene rings is 2. The fourth-order valence-corrected chi connectivity index (χ4v) is 5.85. The number of H-pyrrole nitrogens is 1. The topological polar surface area (TPSA) is 82.0 Å². The molecular weight excluding hydrogens is 436 g/mol. The number of nitrogens with zero attached hydrogens (tertiary/aromatic N) is 3. The molecule has 1 fully saturated rings. The number of rotatable bonds is 4. The van der Waals surface area contributed by atoms with Gasteiger partial charge < -0.3 is 14.5 Å². The van der Waals surface area contributed by atoms with Crippen molar-refractivity contribution in [1.29, 1.82) is 0 Å². The maximum Gasteiger partial charge on any atom is 0.262 e. The Hall–Kier alpha value is -3.26. The van der Waals surface area contributed by atoms with Gasteiger partial charge in [0.1, 0.15) is 0 Å². The monoisotopic (exact) mass is 460 g/mol. The molecule has 0 unspecified atom stereocenters. The largest absolute Gasteiger partial charge is 0.454 e. The van der Waals surface area contributed by atoms with Crippen LogP contribution >= 0.6 is 11.8 Å². The Morgan fingerprint density at radius 2 is 1.79 bits per heavy atom. The molecule has 6 rings (SSSR count). The molecule has 33 heavy (non-hydrogen) atoms. The van der Waals surface area contributed by atoms with Crippen molar-refractivity contribution in [2.24, 2.45) is 0 Å². The van der Waals surface area contributed by atoms with Crippen LogP contribution in [-0.4, -0.2) is 26.5 Å². The SMILES string of the molecule is Cc1c(Sc2nnc(-c3ccccc3)n2C2CCCCC2)c(=O)[nH]c2cc3c(cc12)OCO3. The molecule has 1 N–H and O–H groups in total. The van der Waals surface area contributed by atoms with Gasteiger partial charge in [0.25, 0.3) is 5.56 Å². The fourth-order valence-electron chi connectivity index (χ4n) is 4.84. The summed E-state index contributed by atoms with van der Waals surface area (Å²) in [5, 5.41) is 10.8. The van der Waals surface area contributed by atoms with Crippen LogP contribution < -0.4 is 15.0 Å². The van der Waals surface area contributed by atoms with Crippen molar-refractivity contribution in [2.75, 3.05) is 6.79 Å². The van der Waals surface area contributed by atoms with E-state index in [0.717, 1.165) is 45.9 Å². The molecule has 8 heteroatoms. The van der Waals surface area contributed by atoms with Crippen LogP contribution in [0.4, 0.5) is 0 Å². The van der Waals surface area contributed by atoms with E-state index in [9.17, 15) is 4.79 Å². The summed E-state index contributed by atoms with van der Waals surface area (Å²) in [5.41, 5.74) is 2.55. The molecule has 4 aromatic rings. The number of aryl methyl sites for hydroxylation is 1. The molecule has 1 saturated carbocycles. The predicted molar refractivity (Wildman–Crippen MR) is 127 cm³/mol. The van der Waals surface area contributed by atoms with Crippen LogP contribution in [0.5, 0.6) is 11.5 Å². The van der Waals surface area contributed by atoms with Gasteiger partial charge in [0.15, 0.2) is 22.5 Å². The van der Waals surface area contributed by atoms with Gasteiger partial charge >= 0.3 is 0 Å².